The number of primary amides is 1. The maximum absolute atomic E-state index is 11.7. The summed E-state index contributed by atoms with van der Waals surface area (Å²) in [6, 6.07) is 8.73. The first-order valence-corrected chi connectivity index (χ1v) is 5.68. The summed E-state index contributed by atoms with van der Waals surface area (Å²) in [7, 11) is 0. The number of amides is 1. The van der Waals surface area contributed by atoms with Gasteiger partial charge in [-0.15, -0.1) is 0 Å². The molecule has 0 fully saturated rings. The standard InChI is InChI=1S/C13H11N3O4/c14-12(18)9-4-2-1-3-8(9)7-16-11(17)6-5-10(15-16)13(19)20/h1-6H,7H2,(H2,14,18)(H,19,20). The first kappa shape index (κ1) is 13.5. The lowest BCUT2D eigenvalue weighted by Gasteiger charge is -2.08. The van der Waals surface area contributed by atoms with Crippen LogP contribution in [0, 0.1) is 0 Å². The van der Waals surface area contributed by atoms with E-state index in [0.717, 1.165) is 16.8 Å². The number of carbonyl (C=O) groups is 2. The molecule has 102 valence electrons. The Morgan fingerprint density at radius 1 is 1.20 bits per heavy atom. The zero-order valence-electron chi connectivity index (χ0n) is 10.3. The van der Waals surface area contributed by atoms with Gasteiger partial charge in [0.05, 0.1) is 6.54 Å². The number of rotatable bonds is 4. The first-order chi connectivity index (χ1) is 9.49. The Balaban J connectivity index is 2.45. The fourth-order valence-electron chi connectivity index (χ4n) is 1.74. The molecule has 7 nitrogen and oxygen atoms in total. The van der Waals surface area contributed by atoms with Gasteiger partial charge < -0.3 is 10.8 Å². The molecule has 0 saturated heterocycles. The quantitative estimate of drug-likeness (QED) is 0.819. The maximum Gasteiger partial charge on any atom is 0.356 e. The van der Waals surface area contributed by atoms with Crippen LogP contribution in [0.2, 0.25) is 0 Å². The average Bonchev–Trinajstić information content (AvgIpc) is 2.41. The minimum absolute atomic E-state index is 0.0287. The fraction of sp³-hybridized carbons (Fsp3) is 0.0769. The summed E-state index contributed by atoms with van der Waals surface area (Å²) >= 11 is 0. The van der Waals surface area contributed by atoms with E-state index in [-0.39, 0.29) is 17.8 Å². The van der Waals surface area contributed by atoms with Gasteiger partial charge in [-0.2, -0.15) is 5.10 Å². The highest BCUT2D eigenvalue weighted by molar-refractivity contribution is 5.94. The minimum atomic E-state index is -1.23. The third-order valence-electron chi connectivity index (χ3n) is 2.69. The lowest BCUT2D eigenvalue weighted by molar-refractivity contribution is 0.0687. The summed E-state index contributed by atoms with van der Waals surface area (Å²) in [5, 5.41) is 12.6. The van der Waals surface area contributed by atoms with Crippen LogP contribution < -0.4 is 11.3 Å². The molecule has 1 aromatic carbocycles. The predicted octanol–water partition coefficient (Wildman–Crippen LogP) is 0.0887. The van der Waals surface area contributed by atoms with Crippen LogP contribution in [0.3, 0.4) is 0 Å². The molecule has 20 heavy (non-hydrogen) atoms. The van der Waals surface area contributed by atoms with Gasteiger partial charge >= 0.3 is 5.97 Å². The monoisotopic (exact) mass is 273 g/mol. The van der Waals surface area contributed by atoms with Crippen LogP contribution in [0.4, 0.5) is 0 Å². The molecule has 3 N–H and O–H groups in total. The van der Waals surface area contributed by atoms with Crippen LogP contribution in [0.5, 0.6) is 0 Å². The van der Waals surface area contributed by atoms with Gasteiger partial charge in [0.1, 0.15) is 0 Å². The van der Waals surface area contributed by atoms with Crippen LogP contribution in [-0.4, -0.2) is 26.8 Å². The second-order valence-corrected chi connectivity index (χ2v) is 4.04. The lowest BCUT2D eigenvalue weighted by atomic mass is 10.1. The zero-order valence-corrected chi connectivity index (χ0v) is 10.3. The Kier molecular flexibility index (Phi) is 3.60. The van der Waals surface area contributed by atoms with E-state index in [1.807, 2.05) is 0 Å². The van der Waals surface area contributed by atoms with Gasteiger partial charge in [0.25, 0.3) is 5.56 Å². The van der Waals surface area contributed by atoms with Crippen LogP contribution in [-0.2, 0) is 6.54 Å². The predicted molar refractivity (Wildman–Crippen MR) is 69.5 cm³/mol. The molecule has 1 aromatic heterocycles. The Hall–Kier alpha value is -2.96. The molecule has 1 amide bonds. The van der Waals surface area contributed by atoms with Crippen molar-refractivity contribution >= 4 is 11.9 Å². The largest absolute Gasteiger partial charge is 0.476 e. The normalized spacial score (nSPS) is 10.2. The topological polar surface area (TPSA) is 115 Å². The summed E-state index contributed by atoms with van der Waals surface area (Å²) in [5.74, 6) is -1.86. The van der Waals surface area contributed by atoms with Crippen molar-refractivity contribution in [2.45, 2.75) is 6.54 Å². The van der Waals surface area contributed by atoms with E-state index in [9.17, 15) is 14.4 Å². The number of carbonyl (C=O) groups excluding carboxylic acids is 1. The highest BCUT2D eigenvalue weighted by atomic mass is 16.4. The minimum Gasteiger partial charge on any atom is -0.476 e. The van der Waals surface area contributed by atoms with E-state index >= 15 is 0 Å². The van der Waals surface area contributed by atoms with Crippen molar-refractivity contribution in [2.24, 2.45) is 5.73 Å². The number of nitrogens with zero attached hydrogens (tertiary/aromatic N) is 2. The van der Waals surface area contributed by atoms with Gasteiger partial charge in [-0.25, -0.2) is 9.48 Å². The highest BCUT2D eigenvalue weighted by Crippen LogP contribution is 2.08. The molecule has 0 spiro atoms. The van der Waals surface area contributed by atoms with Crippen molar-refractivity contribution in [3.63, 3.8) is 0 Å². The van der Waals surface area contributed by atoms with E-state index in [2.05, 4.69) is 5.10 Å². The first-order valence-electron chi connectivity index (χ1n) is 5.68. The van der Waals surface area contributed by atoms with Gasteiger partial charge in [0.15, 0.2) is 5.69 Å². The number of aromatic carboxylic acids is 1. The number of aromatic nitrogens is 2. The lowest BCUT2D eigenvalue weighted by Crippen LogP contribution is -2.26. The summed E-state index contributed by atoms with van der Waals surface area (Å²) in [4.78, 5) is 33.8. The number of carboxylic acids is 1. The zero-order chi connectivity index (χ0) is 14.7. The number of nitrogens with two attached hydrogens (primary N) is 1. The van der Waals surface area contributed by atoms with Crippen molar-refractivity contribution in [3.8, 4) is 0 Å². The van der Waals surface area contributed by atoms with Gasteiger partial charge in [-0.1, -0.05) is 18.2 Å². The number of hydrogen-bond donors (Lipinski definition) is 2. The molecule has 0 bridgehead atoms. The molecular formula is C13H11N3O4. The Morgan fingerprint density at radius 2 is 1.90 bits per heavy atom. The molecule has 0 aliphatic rings. The van der Waals surface area contributed by atoms with Crippen molar-refractivity contribution in [2.75, 3.05) is 0 Å². The van der Waals surface area contributed by atoms with E-state index < -0.39 is 17.4 Å². The average molecular weight is 273 g/mol. The third kappa shape index (κ3) is 2.72. The molecule has 0 aliphatic carbocycles. The third-order valence-corrected chi connectivity index (χ3v) is 2.69. The van der Waals surface area contributed by atoms with E-state index in [4.69, 9.17) is 10.8 Å². The molecule has 0 radical (unpaired) electrons. The van der Waals surface area contributed by atoms with E-state index in [0.29, 0.717) is 5.56 Å². The highest BCUT2D eigenvalue weighted by Gasteiger charge is 2.11. The van der Waals surface area contributed by atoms with Gasteiger partial charge in [-0.3, -0.25) is 9.59 Å². The summed E-state index contributed by atoms with van der Waals surface area (Å²) in [6.07, 6.45) is 0. The molecule has 0 aliphatic heterocycles. The van der Waals surface area contributed by atoms with Gasteiger partial charge in [0, 0.05) is 11.6 Å². The second kappa shape index (κ2) is 5.35. The molecule has 7 heteroatoms. The van der Waals surface area contributed by atoms with Crippen LogP contribution in [0.1, 0.15) is 26.4 Å². The summed E-state index contributed by atoms with van der Waals surface area (Å²) in [5.41, 5.74) is 5.29. The second-order valence-electron chi connectivity index (χ2n) is 4.04. The smallest absolute Gasteiger partial charge is 0.356 e. The molecule has 2 aromatic rings. The van der Waals surface area contributed by atoms with Crippen molar-refractivity contribution < 1.29 is 14.7 Å². The van der Waals surface area contributed by atoms with Gasteiger partial charge in [-0.05, 0) is 17.7 Å². The summed E-state index contributed by atoms with van der Waals surface area (Å²) in [6.45, 7) is -0.0287. The number of carboxylic acid groups (broad SMARTS) is 1. The molecule has 2 rings (SSSR count). The molecule has 0 unspecified atom stereocenters. The molecular weight excluding hydrogens is 262 g/mol. The molecule has 1 heterocycles. The number of hydrogen-bond acceptors (Lipinski definition) is 4. The van der Waals surface area contributed by atoms with Crippen LogP contribution in [0.25, 0.3) is 0 Å². The van der Waals surface area contributed by atoms with Crippen LogP contribution in [0.15, 0.2) is 41.2 Å². The molecule has 0 saturated carbocycles. The van der Waals surface area contributed by atoms with E-state index in [1.165, 1.54) is 6.07 Å². The van der Waals surface area contributed by atoms with Gasteiger partial charge in [0.2, 0.25) is 5.91 Å². The van der Waals surface area contributed by atoms with Crippen molar-refractivity contribution in [3.05, 3.63) is 63.6 Å². The van der Waals surface area contributed by atoms with Crippen LogP contribution >= 0.6 is 0 Å². The SMILES string of the molecule is NC(=O)c1ccccc1Cn1nc(C(=O)O)ccc1=O. The fourth-order valence-corrected chi connectivity index (χ4v) is 1.74. The summed E-state index contributed by atoms with van der Waals surface area (Å²) < 4.78 is 0.977. The molecule has 0 atom stereocenters. The maximum atomic E-state index is 11.7. The van der Waals surface area contributed by atoms with E-state index in [1.54, 1.807) is 18.2 Å². The number of benzene rings is 1. The Morgan fingerprint density at radius 3 is 2.55 bits per heavy atom. The Bertz CT molecular complexity index is 736. The van der Waals surface area contributed by atoms with Crippen molar-refractivity contribution in [1.82, 2.24) is 9.78 Å². The van der Waals surface area contributed by atoms with Crippen molar-refractivity contribution in [1.29, 1.82) is 0 Å². The Labute approximate surface area is 113 Å².